The van der Waals surface area contributed by atoms with Gasteiger partial charge in [0.25, 0.3) is 0 Å². The fraction of sp³-hybridized carbons (Fsp3) is 0.400. The lowest BCUT2D eigenvalue weighted by Crippen LogP contribution is -2.24. The van der Waals surface area contributed by atoms with Crippen LogP contribution in [0.1, 0.15) is 5.56 Å². The average molecular weight is 205 g/mol. The third kappa shape index (κ3) is 2.31. The molecular weight excluding hydrogens is 190 g/mol. The monoisotopic (exact) mass is 205 g/mol. The molecule has 0 unspecified atom stereocenters. The van der Waals surface area contributed by atoms with Gasteiger partial charge in [-0.15, -0.1) is 0 Å². The molecule has 0 fully saturated rings. The molecule has 5 nitrogen and oxygen atoms in total. The van der Waals surface area contributed by atoms with Gasteiger partial charge in [0.05, 0.1) is 11.8 Å². The van der Waals surface area contributed by atoms with E-state index in [0.29, 0.717) is 0 Å². The van der Waals surface area contributed by atoms with Crippen LogP contribution in [0.15, 0.2) is 18.6 Å². The van der Waals surface area contributed by atoms with E-state index < -0.39 is 0 Å². The first-order valence-electron chi connectivity index (χ1n) is 5.04. The quantitative estimate of drug-likeness (QED) is 0.613. The van der Waals surface area contributed by atoms with Gasteiger partial charge in [-0.3, -0.25) is 0 Å². The molecule has 0 saturated carbocycles. The summed E-state index contributed by atoms with van der Waals surface area (Å²) in [5, 5.41) is 6.44. The van der Waals surface area contributed by atoms with Gasteiger partial charge in [0.2, 0.25) is 0 Å². The number of pyridine rings is 1. The second-order valence-corrected chi connectivity index (χ2v) is 3.35. The van der Waals surface area contributed by atoms with Crippen molar-refractivity contribution in [2.24, 2.45) is 0 Å². The van der Waals surface area contributed by atoms with Gasteiger partial charge in [-0.25, -0.2) is 9.97 Å². The Morgan fingerprint density at radius 3 is 3.13 bits per heavy atom. The third-order valence-electron chi connectivity index (χ3n) is 2.28. The summed E-state index contributed by atoms with van der Waals surface area (Å²) in [7, 11) is 1.95. The van der Waals surface area contributed by atoms with E-state index in [4.69, 9.17) is 0 Å². The molecule has 0 bridgehead atoms. The molecule has 15 heavy (non-hydrogen) atoms. The normalized spacial score (nSPS) is 11.0. The summed E-state index contributed by atoms with van der Waals surface area (Å²) in [4.78, 5) is 11.4. The molecule has 2 heterocycles. The van der Waals surface area contributed by atoms with Crippen LogP contribution < -0.4 is 10.6 Å². The molecule has 0 radical (unpaired) electrons. The highest BCUT2D eigenvalue weighted by Gasteiger charge is 2.02. The summed E-state index contributed by atoms with van der Waals surface area (Å²) in [6, 6.07) is 2.01. The van der Waals surface area contributed by atoms with E-state index in [2.05, 4.69) is 25.6 Å². The zero-order valence-corrected chi connectivity index (χ0v) is 8.75. The van der Waals surface area contributed by atoms with Crippen LogP contribution in [-0.4, -0.2) is 35.1 Å². The van der Waals surface area contributed by atoms with E-state index in [1.54, 1.807) is 12.5 Å². The lowest BCUT2D eigenvalue weighted by molar-refractivity contribution is 0.652. The minimum absolute atomic E-state index is 0.780. The second-order valence-electron chi connectivity index (χ2n) is 3.35. The van der Waals surface area contributed by atoms with Gasteiger partial charge in [-0.05, 0) is 18.7 Å². The van der Waals surface area contributed by atoms with Crippen molar-refractivity contribution in [2.75, 3.05) is 20.1 Å². The van der Waals surface area contributed by atoms with Crippen LogP contribution in [0.4, 0.5) is 0 Å². The van der Waals surface area contributed by atoms with E-state index in [0.717, 1.165) is 30.8 Å². The maximum absolute atomic E-state index is 4.16. The van der Waals surface area contributed by atoms with E-state index in [9.17, 15) is 0 Å². The second kappa shape index (κ2) is 4.86. The van der Waals surface area contributed by atoms with E-state index in [-0.39, 0.29) is 0 Å². The van der Waals surface area contributed by atoms with Crippen LogP contribution in [-0.2, 0) is 6.54 Å². The molecule has 0 aliphatic heterocycles. The number of fused-ring (bicyclic) bond motifs is 1. The van der Waals surface area contributed by atoms with Crippen LogP contribution in [0.5, 0.6) is 0 Å². The minimum Gasteiger partial charge on any atom is -0.343 e. The number of rotatable bonds is 5. The highest BCUT2D eigenvalue weighted by Crippen LogP contribution is 2.11. The first kappa shape index (κ1) is 10.1. The zero-order chi connectivity index (χ0) is 10.5. The number of nitrogens with zero attached hydrogens (tertiary/aromatic N) is 2. The summed E-state index contributed by atoms with van der Waals surface area (Å²) in [6.45, 7) is 2.76. The van der Waals surface area contributed by atoms with Crippen LogP contribution in [0.3, 0.4) is 0 Å². The van der Waals surface area contributed by atoms with Gasteiger partial charge < -0.3 is 15.6 Å². The van der Waals surface area contributed by atoms with Crippen LogP contribution in [0, 0.1) is 0 Å². The lowest BCUT2D eigenvalue weighted by atomic mass is 10.2. The minimum atomic E-state index is 0.780. The Morgan fingerprint density at radius 2 is 2.27 bits per heavy atom. The number of imidazole rings is 1. The smallest absolute Gasteiger partial charge is 0.177 e. The summed E-state index contributed by atoms with van der Waals surface area (Å²) >= 11 is 0. The molecule has 2 aromatic rings. The number of likely N-dealkylation sites (N-methyl/N-ethyl adjacent to an activating group) is 1. The molecular formula is C10H15N5. The predicted octanol–water partition coefficient (Wildman–Crippen LogP) is 0.267. The molecule has 2 aromatic heterocycles. The Hall–Kier alpha value is -1.46. The van der Waals surface area contributed by atoms with Crippen LogP contribution in [0.2, 0.25) is 0 Å². The molecule has 0 aliphatic carbocycles. The number of aromatic amines is 1. The third-order valence-corrected chi connectivity index (χ3v) is 2.28. The first-order valence-corrected chi connectivity index (χ1v) is 5.04. The highest BCUT2D eigenvalue weighted by atomic mass is 15.0. The topological polar surface area (TPSA) is 65.6 Å². The molecule has 5 heteroatoms. The van der Waals surface area contributed by atoms with E-state index in [1.165, 1.54) is 5.56 Å². The SMILES string of the molecule is CNCCNCc1ccnc2nc[nH]c12. The summed E-state index contributed by atoms with van der Waals surface area (Å²) < 4.78 is 0. The van der Waals surface area contributed by atoms with Crippen molar-refractivity contribution in [1.82, 2.24) is 25.6 Å². The lowest BCUT2D eigenvalue weighted by Gasteiger charge is -2.04. The number of aromatic nitrogens is 3. The van der Waals surface area contributed by atoms with Crippen molar-refractivity contribution in [3.63, 3.8) is 0 Å². The van der Waals surface area contributed by atoms with Crippen molar-refractivity contribution < 1.29 is 0 Å². The molecule has 0 saturated heterocycles. The molecule has 2 rings (SSSR count). The summed E-state index contributed by atoms with van der Waals surface area (Å²) in [5.74, 6) is 0. The van der Waals surface area contributed by atoms with Crippen molar-refractivity contribution in [2.45, 2.75) is 6.54 Å². The Kier molecular flexibility index (Phi) is 3.26. The van der Waals surface area contributed by atoms with Crippen LogP contribution in [0.25, 0.3) is 11.2 Å². The van der Waals surface area contributed by atoms with E-state index in [1.807, 2.05) is 13.1 Å². The van der Waals surface area contributed by atoms with Gasteiger partial charge in [0.15, 0.2) is 5.65 Å². The standard InChI is InChI=1S/C10H15N5/c1-11-4-5-12-6-8-2-3-13-10-9(8)14-7-15-10/h2-3,7,11-12H,4-6H2,1H3,(H,13,14,15). The van der Waals surface area contributed by atoms with Crippen LogP contribution >= 0.6 is 0 Å². The predicted molar refractivity (Wildman–Crippen MR) is 59.5 cm³/mol. The number of hydrogen-bond acceptors (Lipinski definition) is 4. The van der Waals surface area contributed by atoms with Crippen molar-refractivity contribution in [1.29, 1.82) is 0 Å². The largest absolute Gasteiger partial charge is 0.343 e. The number of H-pyrrole nitrogens is 1. The Balaban J connectivity index is 2.04. The number of hydrogen-bond donors (Lipinski definition) is 3. The van der Waals surface area contributed by atoms with Gasteiger partial charge >= 0.3 is 0 Å². The van der Waals surface area contributed by atoms with E-state index >= 15 is 0 Å². The molecule has 0 aromatic carbocycles. The maximum atomic E-state index is 4.16. The van der Waals surface area contributed by atoms with Crippen molar-refractivity contribution in [3.8, 4) is 0 Å². The first-order chi connectivity index (χ1) is 7.42. The summed E-state index contributed by atoms with van der Waals surface area (Å²) in [5.41, 5.74) is 3.01. The van der Waals surface area contributed by atoms with Gasteiger partial charge in [0, 0.05) is 25.8 Å². The Labute approximate surface area is 88.3 Å². The molecule has 3 N–H and O–H groups in total. The van der Waals surface area contributed by atoms with Crippen molar-refractivity contribution in [3.05, 3.63) is 24.2 Å². The van der Waals surface area contributed by atoms with Gasteiger partial charge in [0.1, 0.15) is 0 Å². The average Bonchev–Trinajstić information content (AvgIpc) is 2.73. The Morgan fingerprint density at radius 1 is 1.33 bits per heavy atom. The molecule has 0 aliphatic rings. The Bertz CT molecular complexity index is 422. The molecule has 0 spiro atoms. The fourth-order valence-electron chi connectivity index (χ4n) is 1.49. The maximum Gasteiger partial charge on any atom is 0.177 e. The summed E-state index contributed by atoms with van der Waals surface area (Å²) in [6.07, 6.45) is 3.47. The zero-order valence-electron chi connectivity index (χ0n) is 8.75. The number of nitrogens with one attached hydrogen (secondary N) is 3. The van der Waals surface area contributed by atoms with Gasteiger partial charge in [-0.2, -0.15) is 0 Å². The van der Waals surface area contributed by atoms with Crippen molar-refractivity contribution >= 4 is 11.2 Å². The molecule has 0 amide bonds. The molecule has 80 valence electrons. The highest BCUT2D eigenvalue weighted by molar-refractivity contribution is 5.73. The molecule has 0 atom stereocenters. The fourth-order valence-corrected chi connectivity index (χ4v) is 1.49. The van der Waals surface area contributed by atoms with Gasteiger partial charge in [-0.1, -0.05) is 0 Å².